The van der Waals surface area contributed by atoms with Gasteiger partial charge in [-0.15, -0.1) is 0 Å². The molecule has 0 aliphatic carbocycles. The maximum atomic E-state index is 15.5. The lowest BCUT2D eigenvalue weighted by Crippen LogP contribution is -2.00. The van der Waals surface area contributed by atoms with E-state index in [0.29, 0.717) is 27.5 Å². The van der Waals surface area contributed by atoms with Gasteiger partial charge in [0.05, 0.1) is 0 Å². The SMILES string of the molecule is Cc1cc2cc(-c3cc(C)c(F)c4ccc5c(F)c(C)ccc5c34)c3cc(C)c(F)c(F)c3c2c(F)c1F. The minimum absolute atomic E-state index is 0.00330. The van der Waals surface area contributed by atoms with Crippen molar-refractivity contribution in [1.29, 1.82) is 0 Å². The summed E-state index contributed by atoms with van der Waals surface area (Å²) in [7, 11) is 0. The maximum Gasteiger partial charge on any atom is 0.167 e. The quantitative estimate of drug-likeness (QED) is 0.150. The topological polar surface area (TPSA) is 0 Å². The van der Waals surface area contributed by atoms with Crippen LogP contribution in [0.5, 0.6) is 0 Å². The lowest BCUT2D eigenvalue weighted by atomic mass is 9.86. The molecule has 0 amide bonds. The van der Waals surface area contributed by atoms with E-state index >= 15 is 17.6 Å². The molecule has 0 bridgehead atoms. The zero-order chi connectivity index (χ0) is 27.2. The molecule has 190 valence electrons. The van der Waals surface area contributed by atoms with Crippen molar-refractivity contribution in [2.75, 3.05) is 0 Å². The van der Waals surface area contributed by atoms with Gasteiger partial charge in [-0.2, -0.15) is 0 Å². The van der Waals surface area contributed by atoms with E-state index in [1.807, 2.05) is 0 Å². The fourth-order valence-electron chi connectivity index (χ4n) is 5.54. The molecule has 6 aromatic carbocycles. The monoisotopic (exact) mass is 518 g/mol. The van der Waals surface area contributed by atoms with Gasteiger partial charge in [-0.05, 0) is 101 Å². The van der Waals surface area contributed by atoms with Crippen LogP contribution >= 0.6 is 0 Å². The largest absolute Gasteiger partial charge is 0.206 e. The van der Waals surface area contributed by atoms with Crippen LogP contribution in [0.1, 0.15) is 22.3 Å². The van der Waals surface area contributed by atoms with E-state index < -0.39 is 40.3 Å². The number of hydrogen-bond donors (Lipinski definition) is 0. The Morgan fingerprint density at radius 2 is 0.921 bits per heavy atom. The Morgan fingerprint density at radius 1 is 0.368 bits per heavy atom. The molecule has 0 unspecified atom stereocenters. The summed E-state index contributed by atoms with van der Waals surface area (Å²) in [5.74, 6) is -5.83. The third-order valence-corrected chi connectivity index (χ3v) is 7.48. The fourth-order valence-corrected chi connectivity index (χ4v) is 5.54. The fraction of sp³-hybridized carbons (Fsp3) is 0.125. The van der Waals surface area contributed by atoms with E-state index in [2.05, 4.69) is 0 Å². The first-order valence-corrected chi connectivity index (χ1v) is 12.0. The molecule has 0 atom stereocenters. The van der Waals surface area contributed by atoms with Crippen molar-refractivity contribution in [1.82, 2.24) is 0 Å². The first-order chi connectivity index (χ1) is 18.0. The molecule has 6 heteroatoms. The molecular weight excluding hydrogens is 498 g/mol. The van der Waals surface area contributed by atoms with Crippen LogP contribution < -0.4 is 0 Å². The molecule has 0 aromatic heterocycles. The minimum Gasteiger partial charge on any atom is -0.206 e. The molecule has 0 heterocycles. The normalized spacial score (nSPS) is 11.9. The average molecular weight is 519 g/mol. The van der Waals surface area contributed by atoms with Crippen LogP contribution in [0.3, 0.4) is 0 Å². The van der Waals surface area contributed by atoms with Gasteiger partial charge >= 0.3 is 0 Å². The van der Waals surface area contributed by atoms with Crippen LogP contribution in [0.25, 0.3) is 54.2 Å². The van der Waals surface area contributed by atoms with E-state index in [1.165, 1.54) is 38.1 Å². The Kier molecular flexibility index (Phi) is 5.25. The molecule has 0 aliphatic rings. The molecular formula is C32H20F6. The second kappa shape index (κ2) is 8.22. The molecule has 6 rings (SSSR count). The zero-order valence-corrected chi connectivity index (χ0v) is 20.9. The smallest absolute Gasteiger partial charge is 0.167 e. The second-order valence-corrected chi connectivity index (χ2v) is 9.92. The highest BCUT2D eigenvalue weighted by Crippen LogP contribution is 2.44. The van der Waals surface area contributed by atoms with Crippen molar-refractivity contribution in [3.63, 3.8) is 0 Å². The van der Waals surface area contributed by atoms with Gasteiger partial charge in [-0.25, -0.2) is 26.3 Å². The summed E-state index contributed by atoms with van der Waals surface area (Å²) in [6, 6.07) is 12.2. The first kappa shape index (κ1) is 24.3. The summed E-state index contributed by atoms with van der Waals surface area (Å²) in [5.41, 5.74) is 1.47. The van der Waals surface area contributed by atoms with Crippen molar-refractivity contribution in [2.24, 2.45) is 0 Å². The van der Waals surface area contributed by atoms with Crippen molar-refractivity contribution in [2.45, 2.75) is 27.7 Å². The molecule has 0 spiro atoms. The summed E-state index contributed by atoms with van der Waals surface area (Å²) in [5, 5.41) is 0.832. The Bertz CT molecular complexity index is 2020. The lowest BCUT2D eigenvalue weighted by molar-refractivity contribution is 0.506. The van der Waals surface area contributed by atoms with Crippen molar-refractivity contribution in [3.8, 4) is 11.1 Å². The third-order valence-electron chi connectivity index (χ3n) is 7.48. The highest BCUT2D eigenvalue weighted by molar-refractivity contribution is 6.21. The van der Waals surface area contributed by atoms with Gasteiger partial charge in [-0.3, -0.25) is 0 Å². The van der Waals surface area contributed by atoms with Gasteiger partial charge in [0.1, 0.15) is 11.6 Å². The van der Waals surface area contributed by atoms with Crippen LogP contribution in [-0.4, -0.2) is 0 Å². The minimum atomic E-state index is -1.30. The molecule has 0 saturated heterocycles. The molecule has 0 N–H and O–H groups in total. The van der Waals surface area contributed by atoms with Crippen LogP contribution in [0.2, 0.25) is 0 Å². The summed E-state index contributed by atoms with van der Waals surface area (Å²) >= 11 is 0. The van der Waals surface area contributed by atoms with E-state index in [4.69, 9.17) is 0 Å². The van der Waals surface area contributed by atoms with E-state index in [0.717, 1.165) is 0 Å². The van der Waals surface area contributed by atoms with Gasteiger partial charge < -0.3 is 0 Å². The van der Waals surface area contributed by atoms with Crippen LogP contribution in [-0.2, 0) is 0 Å². The van der Waals surface area contributed by atoms with Gasteiger partial charge in [0.25, 0.3) is 0 Å². The first-order valence-electron chi connectivity index (χ1n) is 12.0. The van der Waals surface area contributed by atoms with Gasteiger partial charge in [0, 0.05) is 26.9 Å². The highest BCUT2D eigenvalue weighted by Gasteiger charge is 2.24. The third kappa shape index (κ3) is 3.19. The number of aryl methyl sites for hydroxylation is 4. The molecule has 6 aromatic rings. The van der Waals surface area contributed by atoms with Crippen molar-refractivity contribution < 1.29 is 26.3 Å². The predicted molar refractivity (Wildman–Crippen MR) is 141 cm³/mol. The van der Waals surface area contributed by atoms with Gasteiger partial charge in [0.15, 0.2) is 23.3 Å². The van der Waals surface area contributed by atoms with E-state index in [9.17, 15) is 8.78 Å². The van der Waals surface area contributed by atoms with Crippen molar-refractivity contribution in [3.05, 3.63) is 106 Å². The standard InChI is InChI=1S/C32H20F6/c1-13-5-6-18-19(27(13)33)7-8-20-25(18)22(10-15(3)28(20)34)21-12-17-9-14(2)29(35)31(37)24(17)26-23(21)11-16(4)30(36)32(26)38/h5-12H,1-4H3. The summed E-state index contributed by atoms with van der Waals surface area (Å²) in [6.45, 7) is 5.96. The maximum absolute atomic E-state index is 15.5. The van der Waals surface area contributed by atoms with E-state index in [1.54, 1.807) is 38.1 Å². The Morgan fingerprint density at radius 3 is 1.63 bits per heavy atom. The Labute approximate surface area is 214 Å². The van der Waals surface area contributed by atoms with Crippen molar-refractivity contribution >= 4 is 43.1 Å². The van der Waals surface area contributed by atoms with Gasteiger partial charge in [0.2, 0.25) is 0 Å². The number of benzene rings is 6. The van der Waals surface area contributed by atoms with Crippen LogP contribution in [0.15, 0.2) is 48.5 Å². The number of halogens is 6. The molecule has 0 nitrogen and oxygen atoms in total. The molecule has 0 fully saturated rings. The van der Waals surface area contributed by atoms with Crippen LogP contribution in [0.4, 0.5) is 26.3 Å². The Hall–Kier alpha value is -4.06. The van der Waals surface area contributed by atoms with Crippen LogP contribution in [0, 0.1) is 62.6 Å². The summed E-state index contributed by atoms with van der Waals surface area (Å²) in [4.78, 5) is 0. The second-order valence-electron chi connectivity index (χ2n) is 9.92. The Balaban J connectivity index is 1.92. The van der Waals surface area contributed by atoms with Gasteiger partial charge in [-0.1, -0.05) is 24.3 Å². The summed E-state index contributed by atoms with van der Waals surface area (Å²) < 4.78 is 90.7. The number of fused-ring (bicyclic) bond motifs is 6. The molecule has 0 radical (unpaired) electrons. The number of rotatable bonds is 1. The highest BCUT2D eigenvalue weighted by atomic mass is 19.2. The lowest BCUT2D eigenvalue weighted by Gasteiger charge is -2.18. The predicted octanol–water partition coefficient (Wildman–Crippen LogP) is 10.0. The molecule has 38 heavy (non-hydrogen) atoms. The summed E-state index contributed by atoms with van der Waals surface area (Å²) in [6.07, 6.45) is 0. The molecule has 0 saturated carbocycles. The van der Waals surface area contributed by atoms with E-state index in [-0.39, 0.29) is 43.6 Å². The zero-order valence-electron chi connectivity index (χ0n) is 20.9. The number of hydrogen-bond acceptors (Lipinski definition) is 0. The molecule has 0 aliphatic heterocycles. The average Bonchev–Trinajstić information content (AvgIpc) is 2.89.